The summed E-state index contributed by atoms with van der Waals surface area (Å²) >= 11 is 0. The van der Waals surface area contributed by atoms with Crippen molar-refractivity contribution in [1.82, 2.24) is 19.7 Å². The van der Waals surface area contributed by atoms with Crippen molar-refractivity contribution in [2.24, 2.45) is 0 Å². The smallest absolute Gasteiger partial charge is 0.254 e. The summed E-state index contributed by atoms with van der Waals surface area (Å²) in [5.41, 5.74) is 0.688. The number of hydrogen-bond donors (Lipinski definition) is 5. The molecule has 150 valence electrons. The number of ether oxygens (including phenoxy) is 1. The lowest BCUT2D eigenvalue weighted by Gasteiger charge is -2.39. The van der Waals surface area contributed by atoms with Crippen molar-refractivity contribution in [2.45, 2.75) is 37.3 Å². The Morgan fingerprint density at radius 3 is 2.75 bits per heavy atom. The standard InChI is InChI=1S/C16H19N5O7/c22-5-9-11(23)12(24)13(25)16(27-9)28-21-7-20-10-14(18-6-19-15(10)21)17-4-8-2-1-3-26-8/h1-3,6-7,9,11-13,16,22-25H,4-5H2,(H,17,18,19)/t9-,11-,12+,13-,16+/m1/s1. The normalized spacial score (nSPS) is 27.8. The third-order valence-corrected chi connectivity index (χ3v) is 4.38. The minimum atomic E-state index is -1.55. The molecular weight excluding hydrogens is 374 g/mol. The highest BCUT2D eigenvalue weighted by Crippen LogP contribution is 2.22. The van der Waals surface area contributed by atoms with Crippen LogP contribution in [0.1, 0.15) is 5.76 Å². The van der Waals surface area contributed by atoms with Crippen molar-refractivity contribution in [3.05, 3.63) is 36.8 Å². The number of aliphatic hydroxyl groups excluding tert-OH is 4. The average Bonchev–Trinajstić information content (AvgIpc) is 3.37. The van der Waals surface area contributed by atoms with E-state index in [1.165, 1.54) is 12.7 Å². The summed E-state index contributed by atoms with van der Waals surface area (Å²) in [4.78, 5) is 18.0. The monoisotopic (exact) mass is 393 g/mol. The highest BCUT2D eigenvalue weighted by Gasteiger charge is 2.45. The Bertz CT molecular complexity index is 915. The van der Waals surface area contributed by atoms with Gasteiger partial charge in [0.15, 0.2) is 11.3 Å². The van der Waals surface area contributed by atoms with Gasteiger partial charge in [-0.15, -0.1) is 4.73 Å². The molecule has 0 aromatic carbocycles. The van der Waals surface area contributed by atoms with E-state index in [2.05, 4.69) is 20.3 Å². The van der Waals surface area contributed by atoms with Gasteiger partial charge in [-0.3, -0.25) is 0 Å². The maximum atomic E-state index is 10.1. The first kappa shape index (κ1) is 18.6. The summed E-state index contributed by atoms with van der Waals surface area (Å²) < 4.78 is 11.7. The molecule has 28 heavy (non-hydrogen) atoms. The molecule has 0 unspecified atom stereocenters. The quantitative estimate of drug-likeness (QED) is 0.322. The van der Waals surface area contributed by atoms with Gasteiger partial charge < -0.3 is 39.7 Å². The number of anilines is 1. The van der Waals surface area contributed by atoms with Gasteiger partial charge in [-0.1, -0.05) is 0 Å². The number of nitrogens with zero attached hydrogens (tertiary/aromatic N) is 4. The van der Waals surface area contributed by atoms with Crippen molar-refractivity contribution in [3.63, 3.8) is 0 Å². The minimum Gasteiger partial charge on any atom is -0.467 e. The van der Waals surface area contributed by atoms with Crippen molar-refractivity contribution < 1.29 is 34.4 Å². The molecule has 4 heterocycles. The van der Waals surface area contributed by atoms with E-state index in [9.17, 15) is 20.4 Å². The van der Waals surface area contributed by atoms with Crippen LogP contribution in [0, 0.1) is 0 Å². The molecule has 1 aliphatic heterocycles. The molecule has 0 spiro atoms. The Labute approximate surface area is 157 Å². The van der Waals surface area contributed by atoms with Gasteiger partial charge in [-0.25, -0.2) is 15.0 Å². The number of furan rings is 1. The fourth-order valence-electron chi connectivity index (χ4n) is 2.87. The van der Waals surface area contributed by atoms with Gasteiger partial charge >= 0.3 is 0 Å². The van der Waals surface area contributed by atoms with Crippen LogP contribution >= 0.6 is 0 Å². The average molecular weight is 393 g/mol. The molecule has 1 aliphatic rings. The van der Waals surface area contributed by atoms with Crippen LogP contribution < -0.4 is 10.2 Å². The molecule has 0 radical (unpaired) electrons. The molecule has 0 aliphatic carbocycles. The number of aromatic nitrogens is 4. The maximum Gasteiger partial charge on any atom is 0.254 e. The van der Waals surface area contributed by atoms with Crippen LogP contribution in [0.5, 0.6) is 0 Å². The summed E-state index contributed by atoms with van der Waals surface area (Å²) in [7, 11) is 0. The molecule has 12 nitrogen and oxygen atoms in total. The molecule has 5 N–H and O–H groups in total. The summed E-state index contributed by atoms with van der Waals surface area (Å²) in [5.74, 6) is 1.15. The molecule has 1 fully saturated rings. The number of nitrogens with one attached hydrogen (secondary N) is 1. The van der Waals surface area contributed by atoms with E-state index in [-0.39, 0.29) is 5.65 Å². The Morgan fingerprint density at radius 2 is 2.00 bits per heavy atom. The highest BCUT2D eigenvalue weighted by atomic mass is 16.8. The van der Waals surface area contributed by atoms with Gasteiger partial charge in [0.25, 0.3) is 6.29 Å². The Balaban J connectivity index is 1.54. The third kappa shape index (κ3) is 3.39. The predicted octanol–water partition coefficient (Wildman–Crippen LogP) is -1.74. The zero-order valence-corrected chi connectivity index (χ0v) is 14.5. The lowest BCUT2D eigenvalue weighted by molar-refractivity contribution is -0.299. The second kappa shape index (κ2) is 7.69. The fraction of sp³-hybridized carbons (Fsp3) is 0.438. The van der Waals surface area contributed by atoms with E-state index in [0.717, 1.165) is 4.73 Å². The van der Waals surface area contributed by atoms with Gasteiger partial charge in [-0.05, 0) is 12.1 Å². The summed E-state index contributed by atoms with van der Waals surface area (Å²) in [5, 5.41) is 42.2. The third-order valence-electron chi connectivity index (χ3n) is 4.38. The Morgan fingerprint density at radius 1 is 1.14 bits per heavy atom. The van der Waals surface area contributed by atoms with Crippen molar-refractivity contribution in [3.8, 4) is 0 Å². The maximum absolute atomic E-state index is 10.1. The first-order valence-electron chi connectivity index (χ1n) is 8.50. The Hall–Kier alpha value is -2.77. The van der Waals surface area contributed by atoms with Crippen LogP contribution in [0.15, 0.2) is 35.5 Å². The first-order chi connectivity index (χ1) is 13.6. The number of imidazole rings is 1. The molecule has 1 saturated heterocycles. The van der Waals surface area contributed by atoms with E-state index >= 15 is 0 Å². The second-order valence-electron chi connectivity index (χ2n) is 6.20. The molecule has 12 heteroatoms. The van der Waals surface area contributed by atoms with E-state index in [4.69, 9.17) is 14.0 Å². The van der Waals surface area contributed by atoms with Crippen molar-refractivity contribution >= 4 is 17.0 Å². The van der Waals surface area contributed by atoms with Crippen molar-refractivity contribution in [1.29, 1.82) is 0 Å². The molecular formula is C16H19N5O7. The van der Waals surface area contributed by atoms with Crippen LogP contribution in [0.25, 0.3) is 11.2 Å². The lowest BCUT2D eigenvalue weighted by atomic mass is 9.99. The van der Waals surface area contributed by atoms with Crippen LogP contribution in [0.4, 0.5) is 5.82 Å². The van der Waals surface area contributed by atoms with E-state index in [0.29, 0.717) is 23.6 Å². The molecule has 3 aromatic heterocycles. The number of hydrogen-bond acceptors (Lipinski definition) is 11. The summed E-state index contributed by atoms with van der Waals surface area (Å²) in [6.07, 6.45) is -2.84. The second-order valence-corrected chi connectivity index (χ2v) is 6.20. The van der Waals surface area contributed by atoms with E-state index < -0.39 is 37.3 Å². The van der Waals surface area contributed by atoms with E-state index in [1.54, 1.807) is 12.3 Å². The highest BCUT2D eigenvalue weighted by molar-refractivity contribution is 5.82. The summed E-state index contributed by atoms with van der Waals surface area (Å²) in [6.45, 7) is -0.169. The molecule has 4 rings (SSSR count). The van der Waals surface area contributed by atoms with E-state index in [1.807, 2.05) is 6.07 Å². The fourth-order valence-corrected chi connectivity index (χ4v) is 2.87. The van der Waals surface area contributed by atoms with Crippen LogP contribution in [0.3, 0.4) is 0 Å². The van der Waals surface area contributed by atoms with Gasteiger partial charge in [0, 0.05) is 0 Å². The van der Waals surface area contributed by atoms with Crippen molar-refractivity contribution in [2.75, 3.05) is 11.9 Å². The Kier molecular flexibility index (Phi) is 5.11. The summed E-state index contributed by atoms with van der Waals surface area (Å²) in [6, 6.07) is 3.59. The van der Waals surface area contributed by atoms with Crippen LogP contribution in [-0.2, 0) is 11.3 Å². The van der Waals surface area contributed by atoms with Crippen LogP contribution in [-0.4, -0.2) is 77.4 Å². The zero-order chi connectivity index (χ0) is 19.7. The molecule has 0 amide bonds. The molecule has 0 saturated carbocycles. The first-order valence-corrected chi connectivity index (χ1v) is 8.50. The van der Waals surface area contributed by atoms with Gasteiger partial charge in [0.1, 0.15) is 42.8 Å². The molecule has 0 bridgehead atoms. The number of aliphatic hydroxyl groups is 4. The topological polar surface area (TPSA) is 168 Å². The van der Waals surface area contributed by atoms with Crippen LogP contribution in [0.2, 0.25) is 0 Å². The van der Waals surface area contributed by atoms with Gasteiger partial charge in [0.2, 0.25) is 5.65 Å². The molecule has 3 aromatic rings. The van der Waals surface area contributed by atoms with Gasteiger partial charge in [-0.2, -0.15) is 0 Å². The molecule has 5 atom stereocenters. The lowest BCUT2D eigenvalue weighted by Crippen LogP contribution is -2.61. The largest absolute Gasteiger partial charge is 0.467 e. The minimum absolute atomic E-state index is 0.286. The SMILES string of the molecule is OC[C@H]1O[C@@H](On2cnc3c(NCc4ccco4)ncnc32)[C@H](O)[C@@H](O)[C@@H]1O. The number of rotatable bonds is 6. The zero-order valence-electron chi connectivity index (χ0n) is 14.5. The predicted molar refractivity (Wildman–Crippen MR) is 91.7 cm³/mol. The number of fused-ring (bicyclic) bond motifs is 1. The van der Waals surface area contributed by atoms with Gasteiger partial charge in [0.05, 0.1) is 19.4 Å².